The van der Waals surface area contributed by atoms with Crippen LogP contribution in [0.5, 0.6) is 11.5 Å². The lowest BCUT2D eigenvalue weighted by atomic mass is 10.00. The zero-order valence-electron chi connectivity index (χ0n) is 20.2. The number of aryl methyl sites for hydroxylation is 5. The first-order chi connectivity index (χ1) is 16.3. The van der Waals surface area contributed by atoms with Gasteiger partial charge in [-0.25, -0.2) is 9.36 Å². The number of fused-ring (bicyclic) bond motifs is 3. The molecule has 0 radical (unpaired) electrons. The van der Waals surface area contributed by atoms with Gasteiger partial charge in [-0.15, -0.1) is 11.3 Å². The van der Waals surface area contributed by atoms with E-state index in [2.05, 4.69) is 32.9 Å². The van der Waals surface area contributed by atoms with Crippen molar-refractivity contribution in [1.82, 2.24) is 9.13 Å². The van der Waals surface area contributed by atoms with E-state index in [0.717, 1.165) is 46.3 Å². The van der Waals surface area contributed by atoms with E-state index in [-0.39, 0.29) is 11.2 Å². The summed E-state index contributed by atoms with van der Waals surface area (Å²) in [6, 6.07) is 9.43. The van der Waals surface area contributed by atoms with E-state index in [0.29, 0.717) is 29.1 Å². The number of methoxy groups -OCH3 is 2. The monoisotopic (exact) mass is 476 g/mol. The van der Waals surface area contributed by atoms with Crippen molar-refractivity contribution < 1.29 is 9.47 Å². The summed E-state index contributed by atoms with van der Waals surface area (Å²) in [6.07, 6.45) is 2.86. The molecule has 6 nitrogen and oxygen atoms in total. The molecule has 34 heavy (non-hydrogen) atoms. The molecule has 7 heteroatoms. The summed E-state index contributed by atoms with van der Waals surface area (Å²) in [4.78, 5) is 29.8. The highest BCUT2D eigenvalue weighted by molar-refractivity contribution is 7.18. The first-order valence-electron chi connectivity index (χ1n) is 11.4. The van der Waals surface area contributed by atoms with Crippen molar-refractivity contribution in [2.45, 2.75) is 46.6 Å². The molecule has 0 saturated heterocycles. The Morgan fingerprint density at radius 3 is 2.38 bits per heavy atom. The Bertz CT molecular complexity index is 1530. The van der Waals surface area contributed by atoms with Crippen molar-refractivity contribution in [3.63, 3.8) is 0 Å². The van der Waals surface area contributed by atoms with Crippen LogP contribution in [-0.4, -0.2) is 23.4 Å². The number of thiophene rings is 1. The van der Waals surface area contributed by atoms with Crippen LogP contribution in [0.25, 0.3) is 15.9 Å². The normalized spacial score (nSPS) is 12.9. The number of benzene rings is 2. The zero-order valence-corrected chi connectivity index (χ0v) is 21.0. The number of hydrogen-bond donors (Lipinski definition) is 0. The van der Waals surface area contributed by atoms with Crippen molar-refractivity contribution in [2.24, 2.45) is 0 Å². The molecule has 2 heterocycles. The lowest BCUT2D eigenvalue weighted by Crippen LogP contribution is -2.39. The van der Waals surface area contributed by atoms with Crippen molar-refractivity contribution in [1.29, 1.82) is 0 Å². The Balaban J connectivity index is 1.84. The first-order valence-corrected chi connectivity index (χ1v) is 12.2. The molecule has 0 aliphatic heterocycles. The number of ether oxygens (including phenoxy) is 2. The molecule has 4 aromatic rings. The van der Waals surface area contributed by atoms with Gasteiger partial charge >= 0.3 is 5.69 Å². The maximum absolute atomic E-state index is 14.0. The predicted octanol–water partition coefficient (Wildman–Crippen LogP) is 4.69. The van der Waals surface area contributed by atoms with Gasteiger partial charge in [-0.3, -0.25) is 9.36 Å². The number of nitrogens with zero attached hydrogens (tertiary/aromatic N) is 2. The molecule has 5 rings (SSSR count). The second-order valence-electron chi connectivity index (χ2n) is 8.96. The predicted molar refractivity (Wildman–Crippen MR) is 137 cm³/mol. The molecule has 1 aliphatic carbocycles. The smallest absolute Gasteiger partial charge is 0.337 e. The van der Waals surface area contributed by atoms with Gasteiger partial charge in [-0.05, 0) is 74.4 Å². The molecule has 0 spiro atoms. The van der Waals surface area contributed by atoms with E-state index >= 15 is 0 Å². The summed E-state index contributed by atoms with van der Waals surface area (Å²) in [5.41, 5.74) is 5.45. The topological polar surface area (TPSA) is 62.5 Å². The van der Waals surface area contributed by atoms with Crippen molar-refractivity contribution in [2.75, 3.05) is 14.2 Å². The highest BCUT2D eigenvalue weighted by Gasteiger charge is 2.26. The molecular weight excluding hydrogens is 448 g/mol. The van der Waals surface area contributed by atoms with Gasteiger partial charge in [0.05, 0.1) is 31.8 Å². The van der Waals surface area contributed by atoms with Crippen LogP contribution in [0.3, 0.4) is 0 Å². The minimum Gasteiger partial charge on any atom is -0.497 e. The van der Waals surface area contributed by atoms with Gasteiger partial charge in [-0.2, -0.15) is 0 Å². The molecule has 0 N–H and O–H groups in total. The van der Waals surface area contributed by atoms with Crippen molar-refractivity contribution in [3.05, 3.63) is 83.9 Å². The second-order valence-corrected chi connectivity index (χ2v) is 10.0. The maximum Gasteiger partial charge on any atom is 0.337 e. The molecule has 2 aromatic carbocycles. The standard InChI is InChI=1S/C27H28N2O4S/c1-15-11-16(2)20(17(3)12-15)14-28-26-24(19-7-6-8-23(19)34-26)25(30)29(27(28)31)21-10-9-18(32-4)13-22(21)33-5/h9-13H,6-8,14H2,1-5H3. The van der Waals surface area contributed by atoms with Crippen LogP contribution in [0.2, 0.25) is 0 Å². The SMILES string of the molecule is COc1ccc(-n2c(=O)c3c4c(sc3n(Cc3c(C)cc(C)cc3C)c2=O)CCC4)c(OC)c1. The van der Waals surface area contributed by atoms with E-state index in [1.165, 1.54) is 22.1 Å². The van der Waals surface area contributed by atoms with Gasteiger partial charge in [0.2, 0.25) is 0 Å². The van der Waals surface area contributed by atoms with Gasteiger partial charge in [0.25, 0.3) is 5.56 Å². The van der Waals surface area contributed by atoms with Crippen LogP contribution in [0.1, 0.15) is 39.1 Å². The summed E-state index contributed by atoms with van der Waals surface area (Å²) in [5, 5.41) is 0.664. The Morgan fingerprint density at radius 1 is 0.971 bits per heavy atom. The highest BCUT2D eigenvalue weighted by atomic mass is 32.1. The van der Waals surface area contributed by atoms with Crippen LogP contribution in [-0.2, 0) is 19.4 Å². The lowest BCUT2D eigenvalue weighted by Gasteiger charge is -2.17. The first kappa shape index (κ1) is 22.5. The lowest BCUT2D eigenvalue weighted by molar-refractivity contribution is 0.392. The second kappa shape index (κ2) is 8.47. The van der Waals surface area contributed by atoms with Crippen LogP contribution in [0.15, 0.2) is 39.9 Å². The van der Waals surface area contributed by atoms with Crippen molar-refractivity contribution in [3.8, 4) is 17.2 Å². The fourth-order valence-electron chi connectivity index (χ4n) is 5.15. The van der Waals surface area contributed by atoms with Crippen LogP contribution >= 0.6 is 11.3 Å². The Labute approximate surface area is 202 Å². The summed E-state index contributed by atoms with van der Waals surface area (Å²) in [6.45, 7) is 6.64. The molecule has 0 unspecified atom stereocenters. The van der Waals surface area contributed by atoms with E-state index in [4.69, 9.17) is 9.47 Å². The molecule has 0 saturated carbocycles. The van der Waals surface area contributed by atoms with Gasteiger partial charge in [0, 0.05) is 10.9 Å². The third kappa shape index (κ3) is 3.46. The van der Waals surface area contributed by atoms with Gasteiger partial charge in [0.1, 0.15) is 16.3 Å². The molecule has 0 amide bonds. The number of aromatic nitrogens is 2. The maximum atomic E-state index is 14.0. The average molecular weight is 477 g/mol. The Kier molecular flexibility index (Phi) is 5.60. The van der Waals surface area contributed by atoms with Gasteiger partial charge in [0.15, 0.2) is 0 Å². The minimum atomic E-state index is -0.361. The molecule has 0 atom stereocenters. The Hall–Kier alpha value is -3.32. The van der Waals surface area contributed by atoms with E-state index in [1.54, 1.807) is 41.2 Å². The van der Waals surface area contributed by atoms with E-state index in [1.807, 2.05) is 0 Å². The van der Waals surface area contributed by atoms with E-state index in [9.17, 15) is 9.59 Å². The third-order valence-corrected chi connectivity index (χ3v) is 8.09. The van der Waals surface area contributed by atoms with Crippen LogP contribution in [0, 0.1) is 20.8 Å². The zero-order chi connectivity index (χ0) is 24.1. The molecule has 1 aliphatic rings. The number of hydrogen-bond acceptors (Lipinski definition) is 5. The van der Waals surface area contributed by atoms with Crippen LogP contribution < -0.4 is 20.7 Å². The molecule has 0 fully saturated rings. The van der Waals surface area contributed by atoms with Gasteiger partial charge in [-0.1, -0.05) is 17.7 Å². The Morgan fingerprint density at radius 2 is 1.71 bits per heavy atom. The summed E-state index contributed by atoms with van der Waals surface area (Å²) >= 11 is 1.59. The minimum absolute atomic E-state index is 0.281. The average Bonchev–Trinajstić information content (AvgIpc) is 3.39. The summed E-state index contributed by atoms with van der Waals surface area (Å²) in [7, 11) is 3.10. The molecule has 2 aromatic heterocycles. The fraction of sp³-hybridized carbons (Fsp3) is 0.333. The van der Waals surface area contributed by atoms with E-state index < -0.39 is 0 Å². The number of rotatable bonds is 5. The third-order valence-electron chi connectivity index (χ3n) is 6.77. The van der Waals surface area contributed by atoms with Crippen molar-refractivity contribution >= 4 is 21.6 Å². The fourth-order valence-corrected chi connectivity index (χ4v) is 6.52. The molecule has 176 valence electrons. The quantitative estimate of drug-likeness (QED) is 0.419. The summed E-state index contributed by atoms with van der Waals surface area (Å²) < 4.78 is 13.9. The summed E-state index contributed by atoms with van der Waals surface area (Å²) in [5.74, 6) is 1.01. The highest BCUT2D eigenvalue weighted by Crippen LogP contribution is 2.36. The molecule has 0 bridgehead atoms. The van der Waals surface area contributed by atoms with Gasteiger partial charge < -0.3 is 9.47 Å². The molecular formula is C27H28N2O4S. The van der Waals surface area contributed by atoms with Crippen LogP contribution in [0.4, 0.5) is 0 Å². The largest absolute Gasteiger partial charge is 0.497 e.